The van der Waals surface area contributed by atoms with E-state index in [4.69, 9.17) is 9.47 Å². The third-order valence-corrected chi connectivity index (χ3v) is 4.73. The Balaban J connectivity index is 2.03. The molecule has 0 spiro atoms. The van der Waals surface area contributed by atoms with E-state index in [0.717, 1.165) is 16.7 Å². The first-order valence-corrected chi connectivity index (χ1v) is 8.67. The maximum Gasteiger partial charge on any atom is 0.343 e. The van der Waals surface area contributed by atoms with E-state index in [0.29, 0.717) is 23.5 Å². The summed E-state index contributed by atoms with van der Waals surface area (Å²) in [6.07, 6.45) is 1.79. The summed E-state index contributed by atoms with van der Waals surface area (Å²) in [5.41, 5.74) is 3.09. The van der Waals surface area contributed by atoms with Gasteiger partial charge in [-0.1, -0.05) is 44.2 Å². The smallest absolute Gasteiger partial charge is 0.343 e. The number of ether oxygens (including phenoxy) is 2. The Morgan fingerprint density at radius 3 is 2.35 bits per heavy atom. The van der Waals surface area contributed by atoms with Gasteiger partial charge in [-0.05, 0) is 43.2 Å². The van der Waals surface area contributed by atoms with Crippen LogP contribution in [0.3, 0.4) is 0 Å². The van der Waals surface area contributed by atoms with E-state index < -0.39 is 11.4 Å². The van der Waals surface area contributed by atoms with Gasteiger partial charge in [-0.25, -0.2) is 9.59 Å². The molecule has 0 bridgehead atoms. The Hall–Kier alpha value is -2.88. The van der Waals surface area contributed by atoms with Gasteiger partial charge in [-0.3, -0.25) is 0 Å². The Labute approximate surface area is 153 Å². The zero-order valence-electron chi connectivity index (χ0n) is 15.5. The van der Waals surface area contributed by atoms with Crippen LogP contribution in [-0.2, 0) is 14.9 Å². The molecule has 4 heteroatoms. The van der Waals surface area contributed by atoms with Crippen LogP contribution in [0.5, 0.6) is 5.75 Å². The second-order valence-corrected chi connectivity index (χ2v) is 6.83. The van der Waals surface area contributed by atoms with Crippen LogP contribution < -0.4 is 4.74 Å². The molecule has 1 aliphatic rings. The molecule has 0 saturated carbocycles. The van der Waals surface area contributed by atoms with Crippen molar-refractivity contribution in [2.75, 3.05) is 6.61 Å². The van der Waals surface area contributed by atoms with Crippen molar-refractivity contribution in [1.82, 2.24) is 0 Å². The van der Waals surface area contributed by atoms with Crippen LogP contribution in [0.25, 0.3) is 6.08 Å². The molecule has 0 unspecified atom stereocenters. The van der Waals surface area contributed by atoms with Crippen LogP contribution in [0.15, 0.2) is 48.0 Å². The normalized spacial score (nSPS) is 14.4. The number of hydrogen-bond acceptors (Lipinski definition) is 4. The van der Waals surface area contributed by atoms with Crippen molar-refractivity contribution in [2.45, 2.75) is 33.1 Å². The van der Waals surface area contributed by atoms with Crippen molar-refractivity contribution in [2.24, 2.45) is 0 Å². The van der Waals surface area contributed by atoms with Gasteiger partial charge >= 0.3 is 11.9 Å². The molecule has 0 amide bonds. The molecule has 134 valence electrons. The van der Waals surface area contributed by atoms with Gasteiger partial charge in [0, 0.05) is 16.6 Å². The Kier molecular flexibility index (Phi) is 4.68. The van der Waals surface area contributed by atoms with E-state index in [1.54, 1.807) is 37.3 Å². The van der Waals surface area contributed by atoms with E-state index >= 15 is 0 Å². The van der Waals surface area contributed by atoms with Gasteiger partial charge in [-0.15, -0.1) is 0 Å². The van der Waals surface area contributed by atoms with Crippen LogP contribution in [0.4, 0.5) is 0 Å². The number of hydrogen-bond donors (Lipinski definition) is 0. The van der Waals surface area contributed by atoms with Crippen molar-refractivity contribution in [1.29, 1.82) is 0 Å². The summed E-state index contributed by atoms with van der Waals surface area (Å²) in [5, 5.41) is 0. The van der Waals surface area contributed by atoms with Gasteiger partial charge in [-0.2, -0.15) is 0 Å². The fraction of sp³-hybridized carbons (Fsp3) is 0.273. The maximum atomic E-state index is 12.5. The number of fused-ring (bicyclic) bond motifs is 1. The zero-order chi connectivity index (χ0) is 18.9. The Morgan fingerprint density at radius 1 is 1.00 bits per heavy atom. The predicted molar refractivity (Wildman–Crippen MR) is 100 cm³/mol. The van der Waals surface area contributed by atoms with Gasteiger partial charge in [0.1, 0.15) is 5.75 Å². The van der Waals surface area contributed by atoms with Gasteiger partial charge < -0.3 is 9.47 Å². The first-order valence-electron chi connectivity index (χ1n) is 8.67. The van der Waals surface area contributed by atoms with E-state index in [1.165, 1.54) is 0 Å². The molecule has 0 N–H and O–H groups in total. The summed E-state index contributed by atoms with van der Waals surface area (Å²) in [6.45, 7) is 7.93. The molecular formula is C22H22O4. The van der Waals surface area contributed by atoms with Crippen LogP contribution in [0.1, 0.15) is 47.8 Å². The quantitative estimate of drug-likeness (QED) is 0.604. The summed E-state index contributed by atoms with van der Waals surface area (Å²) in [7, 11) is 0. The molecule has 0 radical (unpaired) electrons. The summed E-state index contributed by atoms with van der Waals surface area (Å²) in [5.74, 6) is -0.270. The molecule has 0 fully saturated rings. The number of carbonyl (C=O) groups excluding carboxylic acids is 2. The molecule has 0 aromatic heterocycles. The number of esters is 2. The third kappa shape index (κ3) is 3.03. The molecule has 26 heavy (non-hydrogen) atoms. The van der Waals surface area contributed by atoms with Crippen molar-refractivity contribution in [3.63, 3.8) is 0 Å². The number of aryl methyl sites for hydroxylation is 1. The molecule has 0 atom stereocenters. The first-order chi connectivity index (χ1) is 12.4. The lowest BCUT2D eigenvalue weighted by molar-refractivity contribution is -0.139. The fourth-order valence-corrected chi connectivity index (χ4v) is 3.25. The Morgan fingerprint density at radius 2 is 1.69 bits per heavy atom. The van der Waals surface area contributed by atoms with E-state index in [9.17, 15) is 9.59 Å². The van der Waals surface area contributed by atoms with Crippen molar-refractivity contribution >= 4 is 18.0 Å². The van der Waals surface area contributed by atoms with Gasteiger partial charge in [0.15, 0.2) is 0 Å². The summed E-state index contributed by atoms with van der Waals surface area (Å²) < 4.78 is 10.9. The lowest BCUT2D eigenvalue weighted by Gasteiger charge is -2.24. The molecule has 3 rings (SSSR count). The second-order valence-electron chi connectivity index (χ2n) is 6.83. The second kappa shape index (κ2) is 6.79. The molecule has 0 heterocycles. The average molecular weight is 350 g/mol. The Bertz CT molecular complexity index is 892. The van der Waals surface area contributed by atoms with E-state index in [-0.39, 0.29) is 5.97 Å². The minimum absolute atomic E-state index is 0.317. The van der Waals surface area contributed by atoms with Crippen molar-refractivity contribution < 1.29 is 19.1 Å². The van der Waals surface area contributed by atoms with Gasteiger partial charge in [0.05, 0.1) is 12.2 Å². The highest BCUT2D eigenvalue weighted by Crippen LogP contribution is 2.46. The molecule has 2 aromatic carbocycles. The minimum atomic E-state index is -0.511. The SMILES string of the molecule is CCOC(=O)C1=Cc2c(ccc(C)c2OC(=O)c2ccccc2)C1(C)C. The van der Waals surface area contributed by atoms with Crippen molar-refractivity contribution in [3.05, 3.63) is 70.3 Å². The zero-order valence-corrected chi connectivity index (χ0v) is 15.5. The van der Waals surface area contributed by atoms with Crippen LogP contribution >= 0.6 is 0 Å². The van der Waals surface area contributed by atoms with Gasteiger partial charge in [0.25, 0.3) is 0 Å². The van der Waals surface area contributed by atoms with Crippen LogP contribution in [0.2, 0.25) is 0 Å². The number of rotatable bonds is 4. The topological polar surface area (TPSA) is 52.6 Å². The monoisotopic (exact) mass is 350 g/mol. The average Bonchev–Trinajstić information content (AvgIpc) is 2.89. The molecule has 2 aromatic rings. The van der Waals surface area contributed by atoms with Crippen LogP contribution in [-0.4, -0.2) is 18.5 Å². The molecule has 1 aliphatic carbocycles. The molecule has 4 nitrogen and oxygen atoms in total. The van der Waals surface area contributed by atoms with Crippen molar-refractivity contribution in [3.8, 4) is 5.75 Å². The van der Waals surface area contributed by atoms with E-state index in [2.05, 4.69) is 0 Å². The standard InChI is InChI=1S/C22H22O4/c1-5-25-21(24)18-13-16-17(22(18,3)4)12-11-14(2)19(16)26-20(23)15-9-7-6-8-10-15/h6-13H,5H2,1-4H3. The highest BCUT2D eigenvalue weighted by atomic mass is 16.5. The number of benzene rings is 2. The van der Waals surface area contributed by atoms with E-state index in [1.807, 2.05) is 39.0 Å². The summed E-state index contributed by atoms with van der Waals surface area (Å²) in [4.78, 5) is 24.9. The minimum Gasteiger partial charge on any atom is -0.463 e. The first kappa shape index (κ1) is 17.9. The highest BCUT2D eigenvalue weighted by Gasteiger charge is 2.39. The number of carbonyl (C=O) groups is 2. The van der Waals surface area contributed by atoms with Gasteiger partial charge in [0.2, 0.25) is 0 Å². The lowest BCUT2D eigenvalue weighted by atomic mass is 9.81. The molecular weight excluding hydrogens is 328 g/mol. The fourth-order valence-electron chi connectivity index (χ4n) is 3.25. The summed E-state index contributed by atoms with van der Waals surface area (Å²) in [6, 6.07) is 12.7. The lowest BCUT2D eigenvalue weighted by Crippen LogP contribution is -2.24. The largest absolute Gasteiger partial charge is 0.463 e. The molecule has 0 aliphatic heterocycles. The third-order valence-electron chi connectivity index (χ3n) is 4.73. The maximum absolute atomic E-state index is 12.5. The highest BCUT2D eigenvalue weighted by molar-refractivity contribution is 6.01. The summed E-state index contributed by atoms with van der Waals surface area (Å²) >= 11 is 0. The molecule has 0 saturated heterocycles. The van der Waals surface area contributed by atoms with Crippen LogP contribution in [0, 0.1) is 6.92 Å². The predicted octanol–water partition coefficient (Wildman–Crippen LogP) is 4.45.